The SMILES string of the molecule is CCN(CC(=O)Nc1ccc(OC)cc1)Cc1cc(=O)n2ccccc2n1. The number of hydrogen-bond acceptors (Lipinski definition) is 5. The van der Waals surface area contributed by atoms with Crippen LogP contribution in [0.5, 0.6) is 5.75 Å². The third-order valence-electron chi connectivity index (χ3n) is 4.20. The summed E-state index contributed by atoms with van der Waals surface area (Å²) in [6.45, 7) is 3.26. The molecule has 0 aliphatic heterocycles. The van der Waals surface area contributed by atoms with Crippen molar-refractivity contribution in [3.8, 4) is 5.75 Å². The molecule has 0 radical (unpaired) electrons. The zero-order chi connectivity index (χ0) is 19.2. The minimum atomic E-state index is -0.130. The molecule has 2 heterocycles. The predicted molar refractivity (Wildman–Crippen MR) is 104 cm³/mol. The molecule has 1 amide bonds. The first-order valence-electron chi connectivity index (χ1n) is 8.72. The van der Waals surface area contributed by atoms with Gasteiger partial charge in [0, 0.05) is 24.5 Å². The Balaban J connectivity index is 1.66. The van der Waals surface area contributed by atoms with Crippen LogP contribution in [0, 0.1) is 0 Å². The number of fused-ring (bicyclic) bond motifs is 1. The molecule has 0 aliphatic rings. The van der Waals surface area contributed by atoms with E-state index in [0.29, 0.717) is 30.1 Å². The van der Waals surface area contributed by atoms with Crippen molar-refractivity contribution in [1.82, 2.24) is 14.3 Å². The van der Waals surface area contributed by atoms with Crippen LogP contribution in [-0.2, 0) is 11.3 Å². The molecule has 0 aliphatic carbocycles. The summed E-state index contributed by atoms with van der Waals surface area (Å²) < 4.78 is 6.60. The predicted octanol–water partition coefficient (Wildman–Crippen LogP) is 2.16. The maximum absolute atomic E-state index is 12.3. The number of hydrogen-bond donors (Lipinski definition) is 1. The number of methoxy groups -OCH3 is 1. The Hall–Kier alpha value is -3.19. The van der Waals surface area contributed by atoms with Gasteiger partial charge in [-0.2, -0.15) is 0 Å². The number of nitrogens with one attached hydrogen (secondary N) is 1. The summed E-state index contributed by atoms with van der Waals surface area (Å²) in [6.07, 6.45) is 1.69. The van der Waals surface area contributed by atoms with Crippen molar-refractivity contribution < 1.29 is 9.53 Å². The number of aromatic nitrogens is 2. The highest BCUT2D eigenvalue weighted by atomic mass is 16.5. The van der Waals surface area contributed by atoms with Crippen LogP contribution in [0.4, 0.5) is 5.69 Å². The fourth-order valence-electron chi connectivity index (χ4n) is 2.77. The zero-order valence-electron chi connectivity index (χ0n) is 15.4. The number of amides is 1. The summed E-state index contributed by atoms with van der Waals surface area (Å²) in [7, 11) is 1.60. The van der Waals surface area contributed by atoms with E-state index in [1.807, 2.05) is 17.9 Å². The van der Waals surface area contributed by atoms with Crippen molar-refractivity contribution in [2.75, 3.05) is 25.5 Å². The molecule has 0 saturated heterocycles. The van der Waals surface area contributed by atoms with Gasteiger partial charge in [-0.05, 0) is 42.9 Å². The lowest BCUT2D eigenvalue weighted by atomic mass is 10.3. The van der Waals surface area contributed by atoms with Crippen molar-refractivity contribution in [1.29, 1.82) is 0 Å². The maximum Gasteiger partial charge on any atom is 0.258 e. The average Bonchev–Trinajstić information content (AvgIpc) is 2.68. The lowest BCUT2D eigenvalue weighted by Crippen LogP contribution is -2.33. The molecule has 7 heteroatoms. The van der Waals surface area contributed by atoms with E-state index in [9.17, 15) is 9.59 Å². The number of anilines is 1. The Morgan fingerprint density at radius 2 is 2.00 bits per heavy atom. The van der Waals surface area contributed by atoms with Crippen LogP contribution < -0.4 is 15.6 Å². The van der Waals surface area contributed by atoms with Crippen molar-refractivity contribution in [2.24, 2.45) is 0 Å². The van der Waals surface area contributed by atoms with Crippen molar-refractivity contribution in [3.63, 3.8) is 0 Å². The van der Waals surface area contributed by atoms with E-state index in [1.165, 1.54) is 10.5 Å². The monoisotopic (exact) mass is 366 g/mol. The van der Waals surface area contributed by atoms with Crippen LogP contribution in [-0.4, -0.2) is 40.4 Å². The van der Waals surface area contributed by atoms with Gasteiger partial charge in [0.2, 0.25) is 5.91 Å². The standard InChI is InChI=1S/C20H22N4O3/c1-3-23(14-19(25)22-15-7-9-17(27-2)10-8-15)13-16-12-20(26)24-11-5-4-6-18(24)21-16/h4-12H,3,13-14H2,1-2H3,(H,22,25). The third kappa shape index (κ3) is 4.71. The second-order valence-corrected chi connectivity index (χ2v) is 6.09. The van der Waals surface area contributed by atoms with E-state index in [-0.39, 0.29) is 18.0 Å². The molecule has 0 atom stereocenters. The number of carbonyl (C=O) groups excluding carboxylic acids is 1. The Labute approximate surface area is 157 Å². The van der Waals surface area contributed by atoms with Crippen molar-refractivity contribution >= 4 is 17.2 Å². The molecule has 0 spiro atoms. The summed E-state index contributed by atoms with van der Waals surface area (Å²) in [4.78, 5) is 31.0. The first-order chi connectivity index (χ1) is 13.1. The number of benzene rings is 1. The lowest BCUT2D eigenvalue weighted by Gasteiger charge is -2.19. The molecule has 0 bridgehead atoms. The van der Waals surface area contributed by atoms with E-state index < -0.39 is 0 Å². The van der Waals surface area contributed by atoms with E-state index in [0.717, 1.165) is 5.75 Å². The molecule has 3 rings (SSSR count). The van der Waals surface area contributed by atoms with Gasteiger partial charge in [0.25, 0.3) is 5.56 Å². The normalized spacial score (nSPS) is 10.9. The van der Waals surface area contributed by atoms with Gasteiger partial charge < -0.3 is 10.1 Å². The molecule has 7 nitrogen and oxygen atoms in total. The molecule has 27 heavy (non-hydrogen) atoms. The largest absolute Gasteiger partial charge is 0.497 e. The smallest absolute Gasteiger partial charge is 0.258 e. The quantitative estimate of drug-likeness (QED) is 0.693. The van der Waals surface area contributed by atoms with Crippen LogP contribution in [0.1, 0.15) is 12.6 Å². The summed E-state index contributed by atoms with van der Waals surface area (Å²) in [6, 6.07) is 14.1. The van der Waals surface area contributed by atoms with Crippen LogP contribution in [0.25, 0.3) is 5.65 Å². The second kappa shape index (κ2) is 8.46. The van der Waals surface area contributed by atoms with Gasteiger partial charge in [0.05, 0.1) is 19.3 Å². The fourth-order valence-corrected chi connectivity index (χ4v) is 2.77. The van der Waals surface area contributed by atoms with Crippen molar-refractivity contribution in [3.05, 3.63) is 70.8 Å². The van der Waals surface area contributed by atoms with Gasteiger partial charge in [0.15, 0.2) is 0 Å². The molecular weight excluding hydrogens is 344 g/mol. The summed E-state index contributed by atoms with van der Waals surface area (Å²) >= 11 is 0. The average molecular weight is 366 g/mol. The number of likely N-dealkylation sites (N-methyl/N-ethyl adjacent to an activating group) is 1. The number of rotatable bonds is 7. The van der Waals surface area contributed by atoms with E-state index in [4.69, 9.17) is 4.74 Å². The summed E-state index contributed by atoms with van der Waals surface area (Å²) in [5.74, 6) is 0.608. The van der Waals surface area contributed by atoms with Crippen molar-refractivity contribution in [2.45, 2.75) is 13.5 Å². The van der Waals surface area contributed by atoms with E-state index in [1.54, 1.807) is 49.7 Å². The van der Waals surface area contributed by atoms with Gasteiger partial charge in [-0.1, -0.05) is 13.0 Å². The van der Waals surface area contributed by atoms with E-state index in [2.05, 4.69) is 10.3 Å². The highest BCUT2D eigenvalue weighted by Gasteiger charge is 2.12. The van der Waals surface area contributed by atoms with Gasteiger partial charge in [-0.25, -0.2) is 4.98 Å². The van der Waals surface area contributed by atoms with Gasteiger partial charge >= 0.3 is 0 Å². The Morgan fingerprint density at radius 3 is 2.70 bits per heavy atom. The third-order valence-corrected chi connectivity index (χ3v) is 4.20. The molecule has 0 unspecified atom stereocenters. The number of pyridine rings is 1. The lowest BCUT2D eigenvalue weighted by molar-refractivity contribution is -0.117. The maximum atomic E-state index is 12.3. The number of ether oxygens (including phenoxy) is 1. The first kappa shape index (κ1) is 18.6. The zero-order valence-corrected chi connectivity index (χ0v) is 15.4. The van der Waals surface area contributed by atoms with Crippen LogP contribution in [0.2, 0.25) is 0 Å². The van der Waals surface area contributed by atoms with E-state index >= 15 is 0 Å². The molecular formula is C20H22N4O3. The minimum absolute atomic E-state index is 0.125. The van der Waals surface area contributed by atoms with Crippen LogP contribution >= 0.6 is 0 Å². The Morgan fingerprint density at radius 1 is 1.22 bits per heavy atom. The highest BCUT2D eigenvalue weighted by Crippen LogP contribution is 2.15. The molecule has 1 aromatic carbocycles. The summed E-state index contributed by atoms with van der Waals surface area (Å²) in [5.41, 5.74) is 1.82. The minimum Gasteiger partial charge on any atom is -0.497 e. The molecule has 0 saturated carbocycles. The second-order valence-electron chi connectivity index (χ2n) is 6.09. The van der Waals surface area contributed by atoms with Gasteiger partial charge in [-0.3, -0.25) is 18.9 Å². The van der Waals surface area contributed by atoms with Crippen LogP contribution in [0.15, 0.2) is 59.5 Å². The number of carbonyl (C=O) groups is 1. The molecule has 3 aromatic rings. The van der Waals surface area contributed by atoms with Gasteiger partial charge in [0.1, 0.15) is 11.4 Å². The Kier molecular flexibility index (Phi) is 5.83. The van der Waals surface area contributed by atoms with Crippen LogP contribution in [0.3, 0.4) is 0 Å². The number of nitrogens with zero attached hydrogens (tertiary/aromatic N) is 3. The topological polar surface area (TPSA) is 75.9 Å². The first-order valence-corrected chi connectivity index (χ1v) is 8.72. The summed E-state index contributed by atoms with van der Waals surface area (Å²) in [5, 5.41) is 2.86. The fraction of sp³-hybridized carbons (Fsp3) is 0.250. The molecule has 140 valence electrons. The molecule has 1 N–H and O–H groups in total. The molecule has 2 aromatic heterocycles. The van der Waals surface area contributed by atoms with Gasteiger partial charge in [-0.15, -0.1) is 0 Å². The molecule has 0 fully saturated rings. The Bertz CT molecular complexity index is 982. The highest BCUT2D eigenvalue weighted by molar-refractivity contribution is 5.92.